The van der Waals surface area contributed by atoms with Gasteiger partial charge in [-0.05, 0) is 26.7 Å². The fourth-order valence-electron chi connectivity index (χ4n) is 1.34. The molecule has 0 bridgehead atoms. The standard InChI is InChI=1S/C12H24N2O3/c1-5-7-9(6-2)14-11(17)13-8-12(3,4)10(15)16/h9H,5-8H2,1-4H3,(H,15,16)(H2,13,14,17). The maximum atomic E-state index is 11.5. The van der Waals surface area contributed by atoms with Crippen LogP contribution in [0.1, 0.15) is 47.0 Å². The second-order valence-corrected chi connectivity index (χ2v) is 4.91. The van der Waals surface area contributed by atoms with Crippen LogP contribution in [-0.4, -0.2) is 29.7 Å². The van der Waals surface area contributed by atoms with E-state index >= 15 is 0 Å². The minimum atomic E-state index is -0.941. The molecular formula is C12H24N2O3. The molecule has 100 valence electrons. The maximum absolute atomic E-state index is 11.5. The van der Waals surface area contributed by atoms with Gasteiger partial charge in [0, 0.05) is 12.6 Å². The summed E-state index contributed by atoms with van der Waals surface area (Å²) in [4.78, 5) is 22.4. The Morgan fingerprint density at radius 3 is 2.29 bits per heavy atom. The van der Waals surface area contributed by atoms with Gasteiger partial charge in [0.1, 0.15) is 0 Å². The summed E-state index contributed by atoms with van der Waals surface area (Å²) in [5, 5.41) is 14.3. The van der Waals surface area contributed by atoms with E-state index in [1.807, 2.05) is 6.92 Å². The van der Waals surface area contributed by atoms with Gasteiger partial charge in [0.05, 0.1) is 5.41 Å². The van der Waals surface area contributed by atoms with Crippen molar-refractivity contribution < 1.29 is 14.7 Å². The molecule has 0 fully saturated rings. The normalized spacial score (nSPS) is 12.9. The van der Waals surface area contributed by atoms with Gasteiger partial charge in [-0.2, -0.15) is 0 Å². The van der Waals surface area contributed by atoms with Gasteiger partial charge in [-0.15, -0.1) is 0 Å². The number of carbonyl (C=O) groups is 2. The van der Waals surface area contributed by atoms with Crippen molar-refractivity contribution in [3.63, 3.8) is 0 Å². The van der Waals surface area contributed by atoms with Gasteiger partial charge in [0.2, 0.25) is 0 Å². The van der Waals surface area contributed by atoms with Gasteiger partial charge < -0.3 is 15.7 Å². The summed E-state index contributed by atoms with van der Waals surface area (Å²) in [5.41, 5.74) is -0.941. The first-order valence-electron chi connectivity index (χ1n) is 6.11. The fraction of sp³-hybridized carbons (Fsp3) is 0.833. The highest BCUT2D eigenvalue weighted by Gasteiger charge is 2.27. The molecule has 1 unspecified atom stereocenters. The highest BCUT2D eigenvalue weighted by molar-refractivity contribution is 5.77. The van der Waals surface area contributed by atoms with Gasteiger partial charge >= 0.3 is 12.0 Å². The molecule has 5 heteroatoms. The van der Waals surface area contributed by atoms with E-state index in [2.05, 4.69) is 17.6 Å². The number of carbonyl (C=O) groups excluding carboxylic acids is 1. The van der Waals surface area contributed by atoms with Crippen molar-refractivity contribution in [3.05, 3.63) is 0 Å². The van der Waals surface area contributed by atoms with Crippen molar-refractivity contribution in [3.8, 4) is 0 Å². The highest BCUT2D eigenvalue weighted by Crippen LogP contribution is 2.12. The van der Waals surface area contributed by atoms with Gasteiger partial charge in [-0.1, -0.05) is 20.3 Å². The van der Waals surface area contributed by atoms with Crippen LogP contribution in [0.3, 0.4) is 0 Å². The second kappa shape index (κ2) is 7.14. The van der Waals surface area contributed by atoms with Crippen molar-refractivity contribution in [1.82, 2.24) is 10.6 Å². The summed E-state index contributed by atoms with van der Waals surface area (Å²) in [6, 6.07) is -0.132. The van der Waals surface area contributed by atoms with E-state index in [0.717, 1.165) is 19.3 Å². The van der Waals surface area contributed by atoms with E-state index in [4.69, 9.17) is 5.11 Å². The summed E-state index contributed by atoms with van der Waals surface area (Å²) in [6.07, 6.45) is 2.83. The number of carboxylic acids is 1. The molecule has 2 amide bonds. The Kier molecular flexibility index (Phi) is 6.61. The zero-order valence-corrected chi connectivity index (χ0v) is 11.2. The molecule has 0 aromatic carbocycles. The van der Waals surface area contributed by atoms with E-state index in [1.54, 1.807) is 13.8 Å². The molecule has 5 nitrogen and oxygen atoms in total. The van der Waals surface area contributed by atoms with Crippen LogP contribution >= 0.6 is 0 Å². The molecule has 0 aromatic rings. The number of amides is 2. The number of rotatable bonds is 7. The van der Waals surface area contributed by atoms with Crippen LogP contribution in [0.5, 0.6) is 0 Å². The number of nitrogens with one attached hydrogen (secondary N) is 2. The third-order valence-corrected chi connectivity index (χ3v) is 2.73. The molecule has 17 heavy (non-hydrogen) atoms. The molecule has 0 saturated heterocycles. The van der Waals surface area contributed by atoms with Crippen LogP contribution in [0, 0.1) is 5.41 Å². The summed E-state index contributed by atoms with van der Waals surface area (Å²) in [5.74, 6) is -0.918. The number of hydrogen-bond donors (Lipinski definition) is 3. The molecular weight excluding hydrogens is 220 g/mol. The quantitative estimate of drug-likeness (QED) is 0.640. The lowest BCUT2D eigenvalue weighted by Crippen LogP contribution is -2.46. The molecule has 1 atom stereocenters. The average Bonchev–Trinajstić information content (AvgIpc) is 2.25. The smallest absolute Gasteiger partial charge is 0.315 e. The Balaban J connectivity index is 4.06. The number of aliphatic carboxylic acids is 1. The van der Waals surface area contributed by atoms with Gasteiger partial charge in [0.15, 0.2) is 0 Å². The Hall–Kier alpha value is -1.26. The van der Waals surface area contributed by atoms with Gasteiger partial charge in [-0.3, -0.25) is 4.79 Å². The Morgan fingerprint density at radius 1 is 1.29 bits per heavy atom. The van der Waals surface area contributed by atoms with Crippen molar-refractivity contribution >= 4 is 12.0 Å². The summed E-state index contributed by atoms with van der Waals surface area (Å²) >= 11 is 0. The Morgan fingerprint density at radius 2 is 1.88 bits per heavy atom. The van der Waals surface area contributed by atoms with Crippen molar-refractivity contribution in [2.75, 3.05) is 6.54 Å². The minimum Gasteiger partial charge on any atom is -0.481 e. The van der Waals surface area contributed by atoms with Crippen LogP contribution < -0.4 is 10.6 Å². The molecule has 0 aliphatic heterocycles. The lowest BCUT2D eigenvalue weighted by molar-refractivity contribution is -0.146. The fourth-order valence-corrected chi connectivity index (χ4v) is 1.34. The molecule has 0 saturated carbocycles. The molecule has 0 aliphatic rings. The number of hydrogen-bond acceptors (Lipinski definition) is 2. The van der Waals surface area contributed by atoms with Crippen LogP contribution in [0.15, 0.2) is 0 Å². The number of carboxylic acid groups (broad SMARTS) is 1. The molecule has 0 spiro atoms. The summed E-state index contributed by atoms with van der Waals surface area (Å²) in [7, 11) is 0. The monoisotopic (exact) mass is 244 g/mol. The van der Waals surface area contributed by atoms with Crippen molar-refractivity contribution in [1.29, 1.82) is 0 Å². The Bertz CT molecular complexity index is 264. The minimum absolute atomic E-state index is 0.122. The van der Waals surface area contributed by atoms with Gasteiger partial charge in [-0.25, -0.2) is 4.79 Å². The lowest BCUT2D eigenvalue weighted by Gasteiger charge is -2.21. The van der Waals surface area contributed by atoms with Crippen molar-refractivity contribution in [2.45, 2.75) is 53.0 Å². The lowest BCUT2D eigenvalue weighted by atomic mass is 9.94. The molecule has 3 N–H and O–H groups in total. The van der Waals surface area contributed by atoms with E-state index in [1.165, 1.54) is 0 Å². The van der Waals surface area contributed by atoms with E-state index in [-0.39, 0.29) is 18.6 Å². The van der Waals surface area contributed by atoms with Crippen molar-refractivity contribution in [2.24, 2.45) is 5.41 Å². The van der Waals surface area contributed by atoms with Crippen LogP contribution in [-0.2, 0) is 4.79 Å². The van der Waals surface area contributed by atoms with Crippen LogP contribution in [0.25, 0.3) is 0 Å². The highest BCUT2D eigenvalue weighted by atomic mass is 16.4. The number of urea groups is 1. The first kappa shape index (κ1) is 15.7. The largest absolute Gasteiger partial charge is 0.481 e. The first-order chi connectivity index (χ1) is 7.83. The third-order valence-electron chi connectivity index (χ3n) is 2.73. The second-order valence-electron chi connectivity index (χ2n) is 4.91. The maximum Gasteiger partial charge on any atom is 0.315 e. The first-order valence-corrected chi connectivity index (χ1v) is 6.11. The third kappa shape index (κ3) is 6.14. The Labute approximate surface area is 103 Å². The van der Waals surface area contributed by atoms with E-state index in [0.29, 0.717) is 0 Å². The topological polar surface area (TPSA) is 78.4 Å². The zero-order valence-electron chi connectivity index (χ0n) is 11.2. The predicted octanol–water partition coefficient (Wildman–Crippen LogP) is 1.98. The summed E-state index contributed by atoms with van der Waals surface area (Å²) in [6.45, 7) is 7.37. The SMILES string of the molecule is CCCC(CC)NC(=O)NCC(C)(C)C(=O)O. The zero-order chi connectivity index (χ0) is 13.5. The molecule has 0 radical (unpaired) electrons. The van der Waals surface area contributed by atoms with Crippen LogP contribution in [0.4, 0.5) is 4.79 Å². The molecule has 0 aliphatic carbocycles. The van der Waals surface area contributed by atoms with Gasteiger partial charge in [0.25, 0.3) is 0 Å². The average molecular weight is 244 g/mol. The van der Waals surface area contributed by atoms with E-state index < -0.39 is 11.4 Å². The molecule has 0 rings (SSSR count). The van der Waals surface area contributed by atoms with Crippen LogP contribution in [0.2, 0.25) is 0 Å². The molecule has 0 aromatic heterocycles. The molecule has 0 heterocycles. The van der Waals surface area contributed by atoms with E-state index in [9.17, 15) is 9.59 Å². The summed E-state index contributed by atoms with van der Waals surface area (Å²) < 4.78 is 0. The predicted molar refractivity (Wildman–Crippen MR) is 66.9 cm³/mol.